The number of nitrogens with one attached hydrogen (secondary N) is 2. The van der Waals surface area contributed by atoms with Gasteiger partial charge in [0.05, 0.1) is 20.9 Å². The Morgan fingerprint density at radius 3 is 2.58 bits per heavy atom. The van der Waals surface area contributed by atoms with Gasteiger partial charge in [-0.3, -0.25) is 14.2 Å². The second kappa shape index (κ2) is 6.51. The van der Waals surface area contributed by atoms with E-state index in [2.05, 4.69) is 10.3 Å². The first-order chi connectivity index (χ1) is 11.5. The zero-order valence-electron chi connectivity index (χ0n) is 12.2. The molecule has 0 radical (unpaired) electrons. The van der Waals surface area contributed by atoms with Gasteiger partial charge in [0, 0.05) is 5.69 Å². The number of para-hydroxylation sites is 1. The van der Waals surface area contributed by atoms with E-state index in [1.54, 1.807) is 30.3 Å². The fourth-order valence-corrected chi connectivity index (χ4v) is 2.56. The molecule has 0 aliphatic heterocycles. The van der Waals surface area contributed by atoms with Crippen LogP contribution in [0, 0.1) is 0 Å². The van der Waals surface area contributed by atoms with Gasteiger partial charge in [0.25, 0.3) is 5.56 Å². The standard InChI is InChI=1S/C16H11Cl2N3O3/c17-11-6-5-9(7-12(11)18)19-14(22)8-21-15(23)10-3-1-2-4-13(10)20-16(21)24/h1-7H,8H2,(H,19,22)(H,20,24). The van der Waals surface area contributed by atoms with E-state index in [1.807, 2.05) is 0 Å². The van der Waals surface area contributed by atoms with E-state index >= 15 is 0 Å². The molecule has 6 nitrogen and oxygen atoms in total. The fraction of sp³-hybridized carbons (Fsp3) is 0.0625. The molecule has 2 N–H and O–H groups in total. The molecular weight excluding hydrogens is 353 g/mol. The summed E-state index contributed by atoms with van der Waals surface area (Å²) >= 11 is 11.7. The number of anilines is 1. The van der Waals surface area contributed by atoms with Crippen LogP contribution in [-0.2, 0) is 11.3 Å². The number of carbonyl (C=O) groups is 1. The average Bonchev–Trinajstić information content (AvgIpc) is 2.55. The molecular formula is C16H11Cl2N3O3. The van der Waals surface area contributed by atoms with Gasteiger partial charge in [-0.25, -0.2) is 4.79 Å². The minimum atomic E-state index is -0.650. The van der Waals surface area contributed by atoms with Gasteiger partial charge in [0.1, 0.15) is 6.54 Å². The van der Waals surface area contributed by atoms with Crippen LogP contribution in [0.5, 0.6) is 0 Å². The van der Waals surface area contributed by atoms with Gasteiger partial charge in [0.2, 0.25) is 5.91 Å². The first kappa shape index (κ1) is 16.3. The molecule has 1 amide bonds. The molecule has 2 aromatic carbocycles. The highest BCUT2D eigenvalue weighted by molar-refractivity contribution is 6.42. The van der Waals surface area contributed by atoms with Crippen molar-refractivity contribution >= 4 is 45.7 Å². The number of hydrogen-bond acceptors (Lipinski definition) is 3. The van der Waals surface area contributed by atoms with Crippen LogP contribution < -0.4 is 16.6 Å². The molecule has 122 valence electrons. The highest BCUT2D eigenvalue weighted by Crippen LogP contribution is 2.24. The van der Waals surface area contributed by atoms with Gasteiger partial charge in [-0.2, -0.15) is 0 Å². The Hall–Kier alpha value is -2.57. The Balaban J connectivity index is 1.89. The van der Waals surface area contributed by atoms with Crippen molar-refractivity contribution in [2.24, 2.45) is 0 Å². The Morgan fingerprint density at radius 1 is 1.08 bits per heavy atom. The molecule has 0 aliphatic rings. The van der Waals surface area contributed by atoms with Crippen molar-refractivity contribution in [3.05, 3.63) is 73.3 Å². The largest absolute Gasteiger partial charge is 0.329 e. The molecule has 0 unspecified atom stereocenters. The molecule has 0 saturated heterocycles. The van der Waals surface area contributed by atoms with Crippen molar-refractivity contribution in [3.8, 4) is 0 Å². The summed E-state index contributed by atoms with van der Waals surface area (Å²) in [5.74, 6) is -0.531. The topological polar surface area (TPSA) is 84.0 Å². The van der Waals surface area contributed by atoms with E-state index in [9.17, 15) is 14.4 Å². The Bertz CT molecular complexity index is 1060. The number of aromatic nitrogens is 2. The smallest absolute Gasteiger partial charge is 0.324 e. The number of rotatable bonds is 3. The van der Waals surface area contributed by atoms with E-state index < -0.39 is 23.7 Å². The highest BCUT2D eigenvalue weighted by Gasteiger charge is 2.11. The summed E-state index contributed by atoms with van der Waals surface area (Å²) in [6.07, 6.45) is 0. The van der Waals surface area contributed by atoms with Gasteiger partial charge in [-0.1, -0.05) is 35.3 Å². The van der Waals surface area contributed by atoms with Crippen LogP contribution in [0.3, 0.4) is 0 Å². The third-order valence-corrected chi connectivity index (χ3v) is 4.13. The number of halogens is 2. The predicted octanol–water partition coefficient (Wildman–Crippen LogP) is 2.64. The van der Waals surface area contributed by atoms with Gasteiger partial charge in [-0.15, -0.1) is 0 Å². The van der Waals surface area contributed by atoms with Crippen LogP contribution in [0.1, 0.15) is 0 Å². The number of carbonyl (C=O) groups excluding carboxylic acids is 1. The zero-order valence-corrected chi connectivity index (χ0v) is 13.7. The summed E-state index contributed by atoms with van der Waals surface area (Å²) in [6.45, 7) is -0.417. The third kappa shape index (κ3) is 3.20. The molecule has 1 aromatic heterocycles. The van der Waals surface area contributed by atoms with Crippen molar-refractivity contribution in [3.63, 3.8) is 0 Å². The number of fused-ring (bicyclic) bond motifs is 1. The van der Waals surface area contributed by atoms with Crippen LogP contribution in [0.15, 0.2) is 52.1 Å². The first-order valence-electron chi connectivity index (χ1n) is 6.92. The number of aromatic amines is 1. The number of benzene rings is 2. The second-order valence-electron chi connectivity index (χ2n) is 5.04. The van der Waals surface area contributed by atoms with E-state index in [0.717, 1.165) is 4.57 Å². The Labute approximate surface area is 145 Å². The maximum atomic E-state index is 12.4. The summed E-state index contributed by atoms with van der Waals surface area (Å²) in [5.41, 5.74) is -0.338. The predicted molar refractivity (Wildman–Crippen MR) is 93.9 cm³/mol. The molecule has 0 fully saturated rings. The van der Waals surface area contributed by atoms with E-state index in [1.165, 1.54) is 12.1 Å². The van der Waals surface area contributed by atoms with Crippen molar-refractivity contribution in [2.45, 2.75) is 6.54 Å². The molecule has 0 bridgehead atoms. The van der Waals surface area contributed by atoms with Gasteiger partial charge in [-0.05, 0) is 30.3 Å². The second-order valence-corrected chi connectivity index (χ2v) is 5.86. The summed E-state index contributed by atoms with van der Waals surface area (Å²) in [6, 6.07) is 11.2. The average molecular weight is 364 g/mol. The number of amides is 1. The summed E-state index contributed by atoms with van der Waals surface area (Å²) in [7, 11) is 0. The van der Waals surface area contributed by atoms with E-state index in [-0.39, 0.29) is 5.02 Å². The Kier molecular flexibility index (Phi) is 4.42. The molecule has 0 atom stereocenters. The number of hydrogen-bond donors (Lipinski definition) is 2. The molecule has 8 heteroatoms. The summed E-state index contributed by atoms with van der Waals surface area (Å²) in [5, 5.41) is 3.54. The van der Waals surface area contributed by atoms with E-state index in [0.29, 0.717) is 21.6 Å². The zero-order chi connectivity index (χ0) is 17.3. The fourth-order valence-electron chi connectivity index (χ4n) is 2.26. The number of H-pyrrole nitrogens is 1. The minimum absolute atomic E-state index is 0.287. The van der Waals surface area contributed by atoms with Crippen LogP contribution in [0.2, 0.25) is 10.0 Å². The van der Waals surface area contributed by atoms with Crippen molar-refractivity contribution in [1.29, 1.82) is 0 Å². The quantitative estimate of drug-likeness (QED) is 0.750. The number of nitrogens with zero attached hydrogens (tertiary/aromatic N) is 1. The third-order valence-electron chi connectivity index (χ3n) is 3.39. The Morgan fingerprint density at radius 2 is 1.83 bits per heavy atom. The maximum absolute atomic E-state index is 12.4. The lowest BCUT2D eigenvalue weighted by atomic mass is 10.2. The normalized spacial score (nSPS) is 10.8. The highest BCUT2D eigenvalue weighted by atomic mass is 35.5. The molecule has 3 aromatic rings. The molecule has 1 heterocycles. The lowest BCUT2D eigenvalue weighted by Crippen LogP contribution is -2.38. The van der Waals surface area contributed by atoms with Crippen LogP contribution in [-0.4, -0.2) is 15.5 Å². The molecule has 3 rings (SSSR count). The first-order valence-corrected chi connectivity index (χ1v) is 7.68. The van der Waals surface area contributed by atoms with E-state index in [4.69, 9.17) is 23.2 Å². The minimum Gasteiger partial charge on any atom is -0.324 e. The summed E-state index contributed by atoms with van der Waals surface area (Å²) < 4.78 is 0.842. The van der Waals surface area contributed by atoms with Crippen LogP contribution >= 0.6 is 23.2 Å². The van der Waals surface area contributed by atoms with Crippen molar-refractivity contribution < 1.29 is 4.79 Å². The van der Waals surface area contributed by atoms with Crippen LogP contribution in [0.25, 0.3) is 10.9 Å². The lowest BCUT2D eigenvalue weighted by molar-refractivity contribution is -0.116. The molecule has 24 heavy (non-hydrogen) atoms. The summed E-state index contributed by atoms with van der Waals surface area (Å²) in [4.78, 5) is 39.1. The van der Waals surface area contributed by atoms with Crippen LogP contribution in [0.4, 0.5) is 5.69 Å². The molecule has 0 aliphatic carbocycles. The van der Waals surface area contributed by atoms with Gasteiger partial charge >= 0.3 is 5.69 Å². The van der Waals surface area contributed by atoms with Gasteiger partial charge in [0.15, 0.2) is 0 Å². The molecule has 0 saturated carbocycles. The SMILES string of the molecule is O=C(Cn1c(=O)[nH]c2ccccc2c1=O)Nc1ccc(Cl)c(Cl)c1. The maximum Gasteiger partial charge on any atom is 0.329 e. The van der Waals surface area contributed by atoms with Gasteiger partial charge < -0.3 is 10.3 Å². The monoisotopic (exact) mass is 363 g/mol. The van der Waals surface area contributed by atoms with Crippen molar-refractivity contribution in [1.82, 2.24) is 9.55 Å². The van der Waals surface area contributed by atoms with Crippen molar-refractivity contribution in [2.75, 3.05) is 5.32 Å². The lowest BCUT2D eigenvalue weighted by Gasteiger charge is -2.08. The molecule has 0 spiro atoms.